The lowest BCUT2D eigenvalue weighted by atomic mass is 10.2. The molecule has 1 saturated heterocycles. The number of aliphatic hydroxyl groups excluding tert-OH is 2. The molecule has 0 aromatic heterocycles. The van der Waals surface area contributed by atoms with Gasteiger partial charge in [-0.05, 0) is 6.42 Å². The fourth-order valence-corrected chi connectivity index (χ4v) is 0.937. The van der Waals surface area contributed by atoms with E-state index in [4.69, 9.17) is 15.0 Å². The van der Waals surface area contributed by atoms with E-state index in [9.17, 15) is 13.2 Å². The van der Waals surface area contributed by atoms with Crippen molar-refractivity contribution in [2.24, 2.45) is 0 Å². The molecule has 1 fully saturated rings. The summed E-state index contributed by atoms with van der Waals surface area (Å²) in [6, 6.07) is 0.130. The van der Waals surface area contributed by atoms with E-state index in [0.29, 0.717) is 13.0 Å². The molecule has 1 heterocycles. The Bertz CT molecular complexity index is 174. The van der Waals surface area contributed by atoms with Gasteiger partial charge in [-0.25, -0.2) is 0 Å². The van der Waals surface area contributed by atoms with Crippen LogP contribution in [0.1, 0.15) is 6.42 Å². The molecule has 84 valence electrons. The second-order valence-corrected chi connectivity index (χ2v) is 2.84. The number of halogens is 3. The monoisotopic (exact) mass is 215 g/mol. The van der Waals surface area contributed by atoms with Crippen molar-refractivity contribution in [2.75, 3.05) is 13.2 Å². The van der Waals surface area contributed by atoms with Gasteiger partial charge in [0.05, 0.1) is 12.7 Å². The van der Waals surface area contributed by atoms with Gasteiger partial charge in [0.2, 0.25) is 6.29 Å². The summed E-state index contributed by atoms with van der Waals surface area (Å²) in [6.45, 7) is 0.766. The summed E-state index contributed by atoms with van der Waals surface area (Å²) in [4.78, 5) is 8.70. The molecule has 0 bridgehead atoms. The lowest BCUT2D eigenvalue weighted by molar-refractivity contribution is -0.156. The normalized spacial score (nSPS) is 26.6. The van der Waals surface area contributed by atoms with E-state index in [0.717, 1.165) is 0 Å². The molecule has 0 aromatic rings. The van der Waals surface area contributed by atoms with Gasteiger partial charge >= 0.3 is 6.18 Å². The summed E-state index contributed by atoms with van der Waals surface area (Å²) >= 11 is 0. The number of rotatable bonds is 1. The van der Waals surface area contributed by atoms with E-state index >= 15 is 0 Å². The van der Waals surface area contributed by atoms with E-state index in [-0.39, 0.29) is 18.8 Å². The molecule has 4 nitrogen and oxygen atoms in total. The van der Waals surface area contributed by atoms with Gasteiger partial charge in [0, 0.05) is 12.6 Å². The third kappa shape index (κ3) is 6.81. The van der Waals surface area contributed by atoms with Gasteiger partial charge in [-0.2, -0.15) is 13.2 Å². The molecule has 0 aliphatic carbocycles. The molecular weight excluding hydrogens is 203 g/mol. The van der Waals surface area contributed by atoms with Crippen LogP contribution in [-0.4, -0.2) is 48.0 Å². The summed E-state index contributed by atoms with van der Waals surface area (Å²) in [7, 11) is 0. The Morgan fingerprint density at radius 2 is 2.00 bits per heavy atom. The van der Waals surface area contributed by atoms with Crippen LogP contribution in [0.5, 0.6) is 0 Å². The summed E-state index contributed by atoms with van der Waals surface area (Å²) in [5, 5.41) is 20.3. The second-order valence-electron chi connectivity index (χ2n) is 2.84. The van der Waals surface area contributed by atoms with Gasteiger partial charge in [-0.15, -0.1) is 0 Å². The van der Waals surface area contributed by atoms with Crippen molar-refractivity contribution >= 4 is 6.29 Å². The molecule has 14 heavy (non-hydrogen) atoms. The van der Waals surface area contributed by atoms with Crippen LogP contribution in [-0.2, 0) is 4.79 Å². The van der Waals surface area contributed by atoms with Crippen molar-refractivity contribution in [1.82, 2.24) is 5.32 Å². The largest absolute Gasteiger partial charge is 0.446 e. The number of β-amino-alcohol motifs (C(OH)–C–C–N with tert-alkyl or cyclic N) is 1. The fraction of sp³-hybridized carbons (Fsp3) is 0.857. The maximum absolute atomic E-state index is 10.4. The van der Waals surface area contributed by atoms with E-state index in [1.54, 1.807) is 0 Å². The van der Waals surface area contributed by atoms with Crippen molar-refractivity contribution in [1.29, 1.82) is 0 Å². The number of hydrogen-bond acceptors (Lipinski definition) is 4. The van der Waals surface area contributed by atoms with Crippen LogP contribution in [0.2, 0.25) is 0 Å². The van der Waals surface area contributed by atoms with Crippen LogP contribution in [0.15, 0.2) is 0 Å². The van der Waals surface area contributed by atoms with Crippen LogP contribution in [0.25, 0.3) is 0 Å². The highest BCUT2D eigenvalue weighted by molar-refractivity contribution is 5.56. The highest BCUT2D eigenvalue weighted by atomic mass is 19.4. The molecular formula is C7H12F3NO3. The highest BCUT2D eigenvalue weighted by Gasteiger charge is 2.24. The van der Waals surface area contributed by atoms with E-state index in [2.05, 4.69) is 5.32 Å². The van der Waals surface area contributed by atoms with Crippen LogP contribution in [0.3, 0.4) is 0 Å². The lowest BCUT2D eigenvalue weighted by Crippen LogP contribution is -2.24. The minimum Gasteiger partial charge on any atom is -0.395 e. The minimum absolute atomic E-state index is 0.130. The molecule has 1 aliphatic rings. The number of carbonyl (C=O) groups excluding carboxylic acids is 1. The molecule has 1 rings (SSSR count). The maximum Gasteiger partial charge on any atom is 0.446 e. The zero-order chi connectivity index (χ0) is 11.2. The summed E-state index contributed by atoms with van der Waals surface area (Å²) < 4.78 is 31.2. The molecule has 0 unspecified atom stereocenters. The number of nitrogens with one attached hydrogen (secondary N) is 1. The summed E-state index contributed by atoms with van der Waals surface area (Å²) in [5.41, 5.74) is 0. The molecule has 0 radical (unpaired) electrons. The number of alkyl halides is 3. The van der Waals surface area contributed by atoms with Crippen molar-refractivity contribution in [3.05, 3.63) is 0 Å². The van der Waals surface area contributed by atoms with E-state index in [1.807, 2.05) is 0 Å². The van der Waals surface area contributed by atoms with Gasteiger partial charge in [-0.3, -0.25) is 4.79 Å². The number of carbonyl (C=O) groups is 1. The predicted octanol–water partition coefficient (Wildman–Crippen LogP) is -0.551. The highest BCUT2D eigenvalue weighted by Crippen LogP contribution is 2.08. The SMILES string of the molecule is O=CC(F)(F)F.OC[C@H]1C[C@@H](O)CN1. The van der Waals surface area contributed by atoms with E-state index in [1.165, 1.54) is 0 Å². The standard InChI is InChI=1S/C5H11NO2.C2HF3O/c7-3-4-1-5(8)2-6-4;3-2(4,5)1-6/h4-8H,1-3H2;1H/t4-,5-;/m1./s1. The van der Waals surface area contributed by atoms with E-state index < -0.39 is 12.5 Å². The molecule has 7 heteroatoms. The van der Waals surface area contributed by atoms with Crippen molar-refractivity contribution in [3.8, 4) is 0 Å². The Hall–Kier alpha value is -0.660. The first kappa shape index (κ1) is 13.3. The Balaban J connectivity index is 0.000000255. The first-order chi connectivity index (χ1) is 6.39. The average Bonchev–Trinajstić information content (AvgIpc) is 2.51. The van der Waals surface area contributed by atoms with Crippen molar-refractivity contribution in [2.45, 2.75) is 24.7 Å². The van der Waals surface area contributed by atoms with Crippen LogP contribution < -0.4 is 5.32 Å². The number of aldehydes is 1. The third-order valence-corrected chi connectivity index (χ3v) is 1.55. The number of hydrogen-bond donors (Lipinski definition) is 3. The Kier molecular flexibility index (Phi) is 5.66. The zero-order valence-corrected chi connectivity index (χ0v) is 7.29. The smallest absolute Gasteiger partial charge is 0.395 e. The number of aliphatic hydroxyl groups is 2. The zero-order valence-electron chi connectivity index (χ0n) is 7.29. The molecule has 0 amide bonds. The quantitative estimate of drug-likeness (QED) is 0.513. The summed E-state index contributed by atoms with van der Waals surface area (Å²) in [6.07, 6.45) is -5.25. The van der Waals surface area contributed by atoms with Crippen molar-refractivity contribution < 1.29 is 28.2 Å². The molecule has 0 saturated carbocycles. The Morgan fingerprint density at radius 3 is 2.14 bits per heavy atom. The van der Waals surface area contributed by atoms with Gasteiger partial charge in [0.15, 0.2) is 0 Å². The molecule has 0 aromatic carbocycles. The Morgan fingerprint density at radius 1 is 1.50 bits per heavy atom. The van der Waals surface area contributed by atoms with Crippen LogP contribution >= 0.6 is 0 Å². The van der Waals surface area contributed by atoms with Gasteiger partial charge < -0.3 is 15.5 Å². The molecule has 1 aliphatic heterocycles. The van der Waals surface area contributed by atoms with Crippen LogP contribution in [0, 0.1) is 0 Å². The van der Waals surface area contributed by atoms with Gasteiger partial charge in [-0.1, -0.05) is 0 Å². The van der Waals surface area contributed by atoms with Crippen molar-refractivity contribution in [3.63, 3.8) is 0 Å². The maximum atomic E-state index is 10.4. The van der Waals surface area contributed by atoms with Crippen LogP contribution in [0.4, 0.5) is 13.2 Å². The second kappa shape index (κ2) is 5.94. The Labute approximate surface area is 78.7 Å². The first-order valence-electron chi connectivity index (χ1n) is 3.94. The minimum atomic E-state index is -4.64. The van der Waals surface area contributed by atoms with Gasteiger partial charge in [0.25, 0.3) is 0 Å². The molecule has 2 atom stereocenters. The molecule has 3 N–H and O–H groups in total. The third-order valence-electron chi connectivity index (χ3n) is 1.55. The fourth-order valence-electron chi connectivity index (χ4n) is 0.937. The average molecular weight is 215 g/mol. The van der Waals surface area contributed by atoms with Gasteiger partial charge in [0.1, 0.15) is 0 Å². The topological polar surface area (TPSA) is 69.6 Å². The molecule has 0 spiro atoms. The predicted molar refractivity (Wildman–Crippen MR) is 41.6 cm³/mol. The first-order valence-corrected chi connectivity index (χ1v) is 3.94. The summed E-state index contributed by atoms with van der Waals surface area (Å²) in [5.74, 6) is 0. The lowest BCUT2D eigenvalue weighted by Gasteiger charge is -2.01.